The van der Waals surface area contributed by atoms with Crippen molar-refractivity contribution >= 4 is 11.7 Å². The Bertz CT molecular complexity index is 749. The molecule has 1 saturated carbocycles. The highest BCUT2D eigenvalue weighted by Gasteiger charge is 2.30. The quantitative estimate of drug-likeness (QED) is 0.826. The Morgan fingerprint density at radius 2 is 2.12 bits per heavy atom. The van der Waals surface area contributed by atoms with E-state index >= 15 is 0 Å². The van der Waals surface area contributed by atoms with Gasteiger partial charge in [0.05, 0.1) is 12.8 Å². The number of piperidine rings is 1. The van der Waals surface area contributed by atoms with Crippen LogP contribution in [0.5, 0.6) is 0 Å². The average Bonchev–Trinajstić information content (AvgIpc) is 3.41. The summed E-state index contributed by atoms with van der Waals surface area (Å²) < 4.78 is 5.37. The Labute approximate surface area is 153 Å². The molecule has 1 aliphatic heterocycles. The molecule has 0 atom stereocenters. The zero-order valence-corrected chi connectivity index (χ0v) is 14.9. The van der Waals surface area contributed by atoms with Crippen LogP contribution in [-0.2, 0) is 6.54 Å². The Morgan fingerprint density at radius 1 is 1.31 bits per heavy atom. The number of rotatable bonds is 6. The Kier molecular flexibility index (Phi) is 4.88. The molecule has 0 bridgehead atoms. The summed E-state index contributed by atoms with van der Waals surface area (Å²) in [7, 11) is 0. The summed E-state index contributed by atoms with van der Waals surface area (Å²) in [6.07, 6.45) is 7.48. The number of nitrogens with two attached hydrogens (primary N) is 1. The van der Waals surface area contributed by atoms with Crippen molar-refractivity contribution in [3.63, 3.8) is 0 Å². The number of hydrogen-bond donors (Lipinski definition) is 2. The van der Waals surface area contributed by atoms with E-state index in [1.165, 1.54) is 0 Å². The van der Waals surface area contributed by atoms with Gasteiger partial charge in [-0.25, -0.2) is 9.97 Å². The van der Waals surface area contributed by atoms with Gasteiger partial charge in [-0.15, -0.1) is 0 Å². The molecule has 0 unspecified atom stereocenters. The third-order valence-electron chi connectivity index (χ3n) is 5.23. The van der Waals surface area contributed by atoms with Crippen molar-refractivity contribution in [2.45, 2.75) is 38.1 Å². The van der Waals surface area contributed by atoms with Crippen molar-refractivity contribution in [3.8, 4) is 0 Å². The highest BCUT2D eigenvalue weighted by molar-refractivity contribution is 5.98. The van der Waals surface area contributed by atoms with Crippen molar-refractivity contribution < 1.29 is 9.21 Å². The Balaban J connectivity index is 1.52. The molecule has 7 nitrogen and oxygen atoms in total. The van der Waals surface area contributed by atoms with Crippen LogP contribution in [0.25, 0.3) is 0 Å². The van der Waals surface area contributed by atoms with Gasteiger partial charge >= 0.3 is 0 Å². The second kappa shape index (κ2) is 7.45. The predicted molar refractivity (Wildman–Crippen MR) is 97.7 cm³/mol. The van der Waals surface area contributed by atoms with Crippen LogP contribution >= 0.6 is 0 Å². The van der Waals surface area contributed by atoms with E-state index in [9.17, 15) is 4.79 Å². The van der Waals surface area contributed by atoms with Crippen molar-refractivity contribution in [1.29, 1.82) is 0 Å². The fourth-order valence-corrected chi connectivity index (χ4v) is 3.35. The highest BCUT2D eigenvalue weighted by Crippen LogP contribution is 2.38. The first-order chi connectivity index (χ1) is 12.7. The summed E-state index contributed by atoms with van der Waals surface area (Å²) in [6, 6.07) is 3.75. The number of nitrogens with zero attached hydrogens (tertiary/aromatic N) is 3. The van der Waals surface area contributed by atoms with E-state index in [1.54, 1.807) is 12.5 Å². The number of carbonyl (C=O) groups is 1. The van der Waals surface area contributed by atoms with Crippen molar-refractivity contribution in [2.75, 3.05) is 25.0 Å². The highest BCUT2D eigenvalue weighted by atomic mass is 16.3. The van der Waals surface area contributed by atoms with Gasteiger partial charge in [0.2, 0.25) is 0 Å². The molecule has 0 radical (unpaired) electrons. The number of amides is 1. The van der Waals surface area contributed by atoms with Crippen LogP contribution in [0.3, 0.4) is 0 Å². The lowest BCUT2D eigenvalue weighted by Crippen LogP contribution is -2.40. The lowest BCUT2D eigenvalue weighted by molar-refractivity contribution is 0.0693. The maximum Gasteiger partial charge on any atom is 0.259 e. The lowest BCUT2D eigenvalue weighted by Gasteiger charge is -2.31. The van der Waals surface area contributed by atoms with Crippen LogP contribution in [0.1, 0.15) is 53.5 Å². The summed E-state index contributed by atoms with van der Waals surface area (Å²) >= 11 is 0. The molecule has 1 saturated heterocycles. The summed E-state index contributed by atoms with van der Waals surface area (Å²) in [6.45, 7) is 2.66. The number of aromatic nitrogens is 2. The molecule has 3 N–H and O–H groups in total. The molecule has 2 aromatic rings. The summed E-state index contributed by atoms with van der Waals surface area (Å²) in [4.78, 5) is 24.0. The Morgan fingerprint density at radius 3 is 2.77 bits per heavy atom. The zero-order valence-electron chi connectivity index (χ0n) is 14.9. The zero-order chi connectivity index (χ0) is 17.9. The number of likely N-dealkylation sites (tertiary alicyclic amines) is 1. The third kappa shape index (κ3) is 3.72. The topological polar surface area (TPSA) is 97.3 Å². The van der Waals surface area contributed by atoms with E-state index in [2.05, 4.69) is 15.3 Å². The normalized spacial score (nSPS) is 18.1. The SMILES string of the molecule is NCC1CCN(C(=O)c2cnc(C3CC3)nc2NCc2ccco2)CC1. The van der Waals surface area contributed by atoms with E-state index in [0.29, 0.717) is 36.3 Å². The molecule has 138 valence electrons. The van der Waals surface area contributed by atoms with Crippen LogP contribution < -0.4 is 11.1 Å². The van der Waals surface area contributed by atoms with Crippen molar-refractivity contribution in [2.24, 2.45) is 11.7 Å². The first kappa shape index (κ1) is 17.0. The third-order valence-corrected chi connectivity index (χ3v) is 5.23. The Hall–Kier alpha value is -2.41. The van der Waals surface area contributed by atoms with Gasteiger partial charge in [-0.2, -0.15) is 0 Å². The fourth-order valence-electron chi connectivity index (χ4n) is 3.35. The van der Waals surface area contributed by atoms with Gasteiger partial charge in [-0.1, -0.05) is 0 Å². The minimum atomic E-state index is -0.00948. The monoisotopic (exact) mass is 355 g/mol. The van der Waals surface area contributed by atoms with Gasteiger partial charge in [0, 0.05) is 25.2 Å². The predicted octanol–water partition coefficient (Wildman–Crippen LogP) is 2.37. The van der Waals surface area contributed by atoms with E-state index < -0.39 is 0 Å². The minimum absolute atomic E-state index is 0.00948. The van der Waals surface area contributed by atoms with Crippen molar-refractivity contribution in [3.05, 3.63) is 41.7 Å². The first-order valence-corrected chi connectivity index (χ1v) is 9.37. The van der Waals surface area contributed by atoms with E-state index in [1.807, 2.05) is 17.0 Å². The second-order valence-corrected chi connectivity index (χ2v) is 7.17. The molecule has 0 aromatic carbocycles. The van der Waals surface area contributed by atoms with Gasteiger partial charge < -0.3 is 20.4 Å². The standard InChI is InChI=1S/C19H25N5O2/c20-10-13-5-7-24(8-6-13)19(25)16-12-22-17(14-3-4-14)23-18(16)21-11-15-2-1-9-26-15/h1-2,9,12-14H,3-8,10-11,20H2,(H,21,22,23). The van der Waals surface area contributed by atoms with E-state index in [4.69, 9.17) is 10.2 Å². The molecule has 0 spiro atoms. The van der Waals surface area contributed by atoms with Gasteiger partial charge in [-0.3, -0.25) is 4.79 Å². The molecule has 1 amide bonds. The van der Waals surface area contributed by atoms with Crippen LogP contribution in [0.4, 0.5) is 5.82 Å². The summed E-state index contributed by atoms with van der Waals surface area (Å²) in [5.41, 5.74) is 6.29. The molecule has 2 aliphatic rings. The van der Waals surface area contributed by atoms with Crippen LogP contribution in [0.2, 0.25) is 0 Å². The average molecular weight is 355 g/mol. The summed E-state index contributed by atoms with van der Waals surface area (Å²) in [5, 5.41) is 3.27. The largest absolute Gasteiger partial charge is 0.467 e. The molecule has 4 rings (SSSR count). The molecular formula is C19H25N5O2. The molecule has 3 heterocycles. The van der Waals surface area contributed by atoms with Gasteiger partial charge in [0.1, 0.15) is 23.0 Å². The summed E-state index contributed by atoms with van der Waals surface area (Å²) in [5.74, 6) is 3.17. The smallest absolute Gasteiger partial charge is 0.259 e. The van der Waals surface area contributed by atoms with E-state index in [0.717, 1.165) is 50.4 Å². The van der Waals surface area contributed by atoms with Gasteiger partial charge in [-0.05, 0) is 50.3 Å². The number of hydrogen-bond acceptors (Lipinski definition) is 6. The van der Waals surface area contributed by atoms with Crippen molar-refractivity contribution in [1.82, 2.24) is 14.9 Å². The second-order valence-electron chi connectivity index (χ2n) is 7.17. The van der Waals surface area contributed by atoms with Gasteiger partial charge in [0.15, 0.2) is 0 Å². The molecule has 2 fully saturated rings. The lowest BCUT2D eigenvalue weighted by atomic mass is 9.97. The molecule has 1 aliphatic carbocycles. The molecule has 2 aromatic heterocycles. The van der Waals surface area contributed by atoms with Crippen LogP contribution in [-0.4, -0.2) is 40.4 Å². The fraction of sp³-hybridized carbons (Fsp3) is 0.526. The van der Waals surface area contributed by atoms with Crippen LogP contribution in [0, 0.1) is 5.92 Å². The van der Waals surface area contributed by atoms with E-state index in [-0.39, 0.29) is 5.91 Å². The van der Waals surface area contributed by atoms with Gasteiger partial charge in [0.25, 0.3) is 5.91 Å². The van der Waals surface area contributed by atoms with Crippen LogP contribution in [0.15, 0.2) is 29.0 Å². The molecule has 26 heavy (non-hydrogen) atoms. The number of nitrogens with one attached hydrogen (secondary N) is 1. The maximum absolute atomic E-state index is 13.0. The number of carbonyl (C=O) groups excluding carboxylic acids is 1. The minimum Gasteiger partial charge on any atom is -0.467 e. The molecular weight excluding hydrogens is 330 g/mol. The maximum atomic E-state index is 13.0. The number of anilines is 1. The first-order valence-electron chi connectivity index (χ1n) is 9.37. The molecule has 7 heteroatoms. The number of furan rings is 1.